The van der Waals surface area contributed by atoms with Gasteiger partial charge in [0.15, 0.2) is 11.5 Å². The van der Waals surface area contributed by atoms with Crippen molar-refractivity contribution in [3.8, 4) is 11.5 Å². The van der Waals surface area contributed by atoms with Gasteiger partial charge in [0, 0.05) is 18.0 Å². The number of ether oxygens (including phenoxy) is 3. The number of hydrogen-bond acceptors (Lipinski definition) is 7. The normalized spacial score (nSPS) is 12.9. The summed E-state index contributed by atoms with van der Waals surface area (Å²) in [4.78, 5) is 42.8. The molecule has 11 heteroatoms. The molecule has 3 aromatic carbocycles. The van der Waals surface area contributed by atoms with E-state index in [9.17, 15) is 14.4 Å². The van der Waals surface area contributed by atoms with Crippen molar-refractivity contribution in [3.05, 3.63) is 118 Å². The van der Waals surface area contributed by atoms with E-state index in [1.165, 1.54) is 0 Å². The quantitative estimate of drug-likeness (QED) is 0.111. The lowest BCUT2D eigenvalue weighted by Gasteiger charge is -2.29. The van der Waals surface area contributed by atoms with Crippen LogP contribution in [0.1, 0.15) is 60.2 Å². The number of carbonyl (C=O) groups is 3. The van der Waals surface area contributed by atoms with Crippen LogP contribution in [0.2, 0.25) is 0 Å². The predicted molar refractivity (Wildman–Crippen MR) is 185 cm³/mol. The van der Waals surface area contributed by atoms with Gasteiger partial charge in [-0.25, -0.2) is 9.59 Å². The number of carbonyl (C=O) groups excluding carboxylic acids is 3. The smallest absolute Gasteiger partial charge is 0.407 e. The van der Waals surface area contributed by atoms with E-state index in [-0.39, 0.29) is 25.3 Å². The van der Waals surface area contributed by atoms with Crippen LogP contribution >= 0.6 is 11.3 Å². The van der Waals surface area contributed by atoms with Crippen LogP contribution in [0.25, 0.3) is 0 Å². The zero-order valence-electron chi connectivity index (χ0n) is 27.1. The fourth-order valence-corrected chi connectivity index (χ4v) is 6.15. The van der Waals surface area contributed by atoms with Gasteiger partial charge < -0.3 is 35.1 Å². The van der Waals surface area contributed by atoms with Crippen LogP contribution in [-0.2, 0) is 29.2 Å². The SMILES string of the molecule is CC[C@H](NC(=O)N[C@@H](CCCCNC(=O)OCc1ccccc1)C(=O)N(Cc1ccccc1)Cc1cccs1)c1ccc2c(c1)OCO2. The standard InChI is InChI=1S/C37H42N4O6S/c1-2-31(29-18-19-33-34(22-29)47-26-46-33)39-36(43)40-32(17-9-10-20-38-37(44)45-25-28-14-7-4-8-15-28)35(42)41(24-30-16-11-21-48-30)23-27-12-5-3-6-13-27/h3-8,11-16,18-19,21-22,31-32H,2,9-10,17,20,23-26H2,1H3,(H,38,44)(H2,39,40,43)/t31-,32-/m0/s1. The molecule has 1 aliphatic heterocycles. The lowest BCUT2D eigenvalue weighted by molar-refractivity contribution is -0.134. The highest BCUT2D eigenvalue weighted by Gasteiger charge is 2.28. The molecule has 0 unspecified atom stereocenters. The van der Waals surface area contributed by atoms with Crippen molar-refractivity contribution >= 4 is 29.4 Å². The molecule has 0 saturated heterocycles. The van der Waals surface area contributed by atoms with Crippen molar-refractivity contribution in [2.75, 3.05) is 13.3 Å². The molecule has 2 atom stereocenters. The number of hydrogen-bond donors (Lipinski definition) is 3. The molecule has 3 N–H and O–H groups in total. The molecular weight excluding hydrogens is 628 g/mol. The summed E-state index contributed by atoms with van der Waals surface area (Å²) in [6, 6.07) is 27.4. The van der Waals surface area contributed by atoms with Crippen LogP contribution < -0.4 is 25.4 Å². The van der Waals surface area contributed by atoms with E-state index >= 15 is 0 Å². The average Bonchev–Trinajstić information content (AvgIpc) is 3.81. The Bertz CT molecular complexity index is 1600. The van der Waals surface area contributed by atoms with Crippen LogP contribution in [0.4, 0.5) is 9.59 Å². The third-order valence-electron chi connectivity index (χ3n) is 7.97. The van der Waals surface area contributed by atoms with E-state index in [0.29, 0.717) is 56.8 Å². The number of thiophene rings is 1. The molecule has 1 aliphatic rings. The number of unbranched alkanes of at least 4 members (excludes halogenated alkanes) is 1. The predicted octanol–water partition coefficient (Wildman–Crippen LogP) is 6.92. The monoisotopic (exact) mass is 670 g/mol. The Hall–Kier alpha value is -5.03. The van der Waals surface area contributed by atoms with E-state index in [4.69, 9.17) is 14.2 Å². The highest BCUT2D eigenvalue weighted by atomic mass is 32.1. The molecule has 0 bridgehead atoms. The summed E-state index contributed by atoms with van der Waals surface area (Å²) in [5.41, 5.74) is 2.79. The lowest BCUT2D eigenvalue weighted by atomic mass is 10.0. The second-order valence-corrected chi connectivity index (χ2v) is 12.5. The molecule has 10 nitrogen and oxygen atoms in total. The van der Waals surface area contributed by atoms with Gasteiger partial charge in [-0.2, -0.15) is 0 Å². The molecular formula is C37H42N4O6S. The Morgan fingerprint density at radius 1 is 0.854 bits per heavy atom. The molecule has 252 valence electrons. The highest BCUT2D eigenvalue weighted by molar-refractivity contribution is 7.09. The highest BCUT2D eigenvalue weighted by Crippen LogP contribution is 2.34. The van der Waals surface area contributed by atoms with Gasteiger partial charge in [-0.05, 0) is 66.0 Å². The molecule has 0 saturated carbocycles. The lowest BCUT2D eigenvalue weighted by Crippen LogP contribution is -2.51. The van der Waals surface area contributed by atoms with Crippen LogP contribution in [0, 0.1) is 0 Å². The largest absolute Gasteiger partial charge is 0.454 e. The first-order valence-electron chi connectivity index (χ1n) is 16.2. The number of nitrogens with one attached hydrogen (secondary N) is 3. The minimum atomic E-state index is -0.784. The maximum atomic E-state index is 14.2. The second-order valence-electron chi connectivity index (χ2n) is 11.5. The summed E-state index contributed by atoms with van der Waals surface area (Å²) >= 11 is 1.59. The first kappa shape index (κ1) is 34.3. The number of rotatable bonds is 16. The van der Waals surface area contributed by atoms with Crippen molar-refractivity contribution in [1.82, 2.24) is 20.9 Å². The molecule has 1 aromatic heterocycles. The van der Waals surface area contributed by atoms with Gasteiger partial charge in [0.2, 0.25) is 12.7 Å². The Balaban J connectivity index is 1.22. The summed E-state index contributed by atoms with van der Waals surface area (Å²) in [6.45, 7) is 3.55. The summed E-state index contributed by atoms with van der Waals surface area (Å²) in [5.74, 6) is 1.14. The average molecular weight is 671 g/mol. The van der Waals surface area contributed by atoms with E-state index in [0.717, 1.165) is 21.6 Å². The Morgan fingerprint density at radius 3 is 2.33 bits per heavy atom. The number of benzene rings is 3. The van der Waals surface area contributed by atoms with E-state index in [1.54, 1.807) is 16.2 Å². The molecule has 2 heterocycles. The summed E-state index contributed by atoms with van der Waals surface area (Å²) in [5, 5.41) is 10.8. The van der Waals surface area contributed by atoms with Crippen LogP contribution in [0.3, 0.4) is 0 Å². The second kappa shape index (κ2) is 17.8. The molecule has 0 fully saturated rings. The Morgan fingerprint density at radius 2 is 1.60 bits per heavy atom. The van der Waals surface area contributed by atoms with Gasteiger partial charge in [-0.3, -0.25) is 4.79 Å². The summed E-state index contributed by atoms with van der Waals surface area (Å²) < 4.78 is 16.3. The maximum Gasteiger partial charge on any atom is 0.407 e. The van der Waals surface area contributed by atoms with Crippen molar-refractivity contribution in [2.45, 2.75) is 64.4 Å². The van der Waals surface area contributed by atoms with Gasteiger partial charge in [0.1, 0.15) is 12.6 Å². The van der Waals surface area contributed by atoms with Crippen molar-refractivity contribution < 1.29 is 28.6 Å². The van der Waals surface area contributed by atoms with Gasteiger partial charge in [0.05, 0.1) is 12.6 Å². The Kier molecular flexibility index (Phi) is 12.7. The summed E-state index contributed by atoms with van der Waals surface area (Å²) in [6.07, 6.45) is 1.72. The van der Waals surface area contributed by atoms with Crippen molar-refractivity contribution in [2.24, 2.45) is 0 Å². The minimum Gasteiger partial charge on any atom is -0.454 e. The van der Waals surface area contributed by atoms with E-state index in [1.807, 2.05) is 103 Å². The van der Waals surface area contributed by atoms with Crippen LogP contribution in [0.15, 0.2) is 96.4 Å². The first-order chi connectivity index (χ1) is 23.5. The number of fused-ring (bicyclic) bond motifs is 1. The van der Waals surface area contributed by atoms with Crippen LogP contribution in [-0.4, -0.2) is 42.3 Å². The number of amides is 4. The fourth-order valence-electron chi connectivity index (χ4n) is 5.43. The molecule has 0 spiro atoms. The maximum absolute atomic E-state index is 14.2. The zero-order chi connectivity index (χ0) is 33.6. The number of alkyl carbamates (subject to hydrolysis) is 1. The van der Waals surface area contributed by atoms with E-state index in [2.05, 4.69) is 16.0 Å². The van der Waals surface area contributed by atoms with E-state index < -0.39 is 18.2 Å². The van der Waals surface area contributed by atoms with Crippen LogP contribution in [0.5, 0.6) is 11.5 Å². The molecule has 0 aliphatic carbocycles. The first-order valence-corrected chi connectivity index (χ1v) is 17.1. The Labute approximate surface area is 285 Å². The topological polar surface area (TPSA) is 118 Å². The van der Waals surface area contributed by atoms with Gasteiger partial charge in [-0.15, -0.1) is 11.3 Å². The zero-order valence-corrected chi connectivity index (χ0v) is 27.9. The molecule has 4 aromatic rings. The van der Waals surface area contributed by atoms with Crippen molar-refractivity contribution in [3.63, 3.8) is 0 Å². The fraction of sp³-hybridized carbons (Fsp3) is 0.324. The van der Waals surface area contributed by atoms with Gasteiger partial charge in [-0.1, -0.05) is 79.7 Å². The third-order valence-corrected chi connectivity index (χ3v) is 8.83. The summed E-state index contributed by atoms with van der Waals surface area (Å²) in [7, 11) is 0. The molecule has 0 radical (unpaired) electrons. The molecule has 48 heavy (non-hydrogen) atoms. The van der Waals surface area contributed by atoms with Gasteiger partial charge in [0.25, 0.3) is 0 Å². The van der Waals surface area contributed by atoms with Gasteiger partial charge >= 0.3 is 12.1 Å². The van der Waals surface area contributed by atoms with Crippen molar-refractivity contribution in [1.29, 1.82) is 0 Å². The molecule has 4 amide bonds. The third kappa shape index (κ3) is 10.2. The number of nitrogens with zero attached hydrogens (tertiary/aromatic N) is 1. The minimum absolute atomic E-state index is 0.169. The molecule has 5 rings (SSSR count). The number of urea groups is 1.